The molecule has 0 aliphatic carbocycles. The van der Waals surface area contributed by atoms with E-state index in [-0.39, 0.29) is 0 Å². The number of hydrogen-bond donors (Lipinski definition) is 2. The highest BCUT2D eigenvalue weighted by Crippen LogP contribution is 2.14. The average molecular weight is 377 g/mol. The van der Waals surface area contributed by atoms with Gasteiger partial charge in [-0.05, 0) is 57.1 Å². The van der Waals surface area contributed by atoms with Gasteiger partial charge < -0.3 is 10.6 Å². The van der Waals surface area contributed by atoms with Crippen molar-refractivity contribution in [3.05, 3.63) is 35.4 Å². The monoisotopic (exact) mass is 376 g/mol. The van der Waals surface area contributed by atoms with Crippen molar-refractivity contribution in [3.63, 3.8) is 0 Å². The van der Waals surface area contributed by atoms with E-state index < -0.39 is 0 Å². The van der Waals surface area contributed by atoms with E-state index in [1.165, 1.54) is 42.6 Å². The summed E-state index contributed by atoms with van der Waals surface area (Å²) in [7, 11) is 0. The van der Waals surface area contributed by atoms with Crippen LogP contribution in [0, 0.1) is 6.92 Å². The van der Waals surface area contributed by atoms with Gasteiger partial charge in [-0.25, -0.2) is 0 Å². The number of benzene rings is 1. The van der Waals surface area contributed by atoms with Crippen LogP contribution in [-0.2, 0) is 6.54 Å². The first kappa shape index (κ1) is 21.1. The molecule has 1 aromatic carbocycles. The number of nitrogens with one attached hydrogen (secondary N) is 2. The molecule has 0 bridgehead atoms. The third kappa shape index (κ3) is 8.00. The highest BCUT2D eigenvalue weighted by molar-refractivity contribution is 7.98. The Hall–Kier alpha value is -1.20. The molecule has 1 aliphatic rings. The second-order valence-corrected chi connectivity index (χ2v) is 8.13. The fourth-order valence-corrected chi connectivity index (χ4v) is 3.86. The maximum atomic E-state index is 4.75. The molecule has 2 rings (SSSR count). The zero-order chi connectivity index (χ0) is 18.6. The number of guanidine groups is 1. The largest absolute Gasteiger partial charge is 0.357 e. The fraction of sp³-hybridized carbons (Fsp3) is 0.667. The summed E-state index contributed by atoms with van der Waals surface area (Å²) in [5.74, 6) is 2.23. The van der Waals surface area contributed by atoms with Gasteiger partial charge in [0.15, 0.2) is 5.96 Å². The Labute approximate surface area is 164 Å². The Bertz CT molecular complexity index is 539. The maximum absolute atomic E-state index is 4.75. The minimum atomic E-state index is 0.535. The minimum Gasteiger partial charge on any atom is -0.357 e. The van der Waals surface area contributed by atoms with E-state index in [1.807, 2.05) is 11.8 Å². The lowest BCUT2D eigenvalue weighted by atomic mass is 10.0. The Balaban J connectivity index is 1.73. The van der Waals surface area contributed by atoms with Crippen molar-refractivity contribution in [1.82, 2.24) is 15.5 Å². The molecule has 26 heavy (non-hydrogen) atoms. The molecule has 5 heteroatoms. The average Bonchev–Trinajstić information content (AvgIpc) is 2.63. The second kappa shape index (κ2) is 12.2. The van der Waals surface area contributed by atoms with Gasteiger partial charge in [-0.2, -0.15) is 11.8 Å². The summed E-state index contributed by atoms with van der Waals surface area (Å²) in [5.41, 5.74) is 2.78. The first-order valence-electron chi connectivity index (χ1n) is 10.0. The SMILES string of the molecule is CCNC(=NCCCCSC)NC1CCN(Cc2cccc(C)c2)CC1. The molecule has 1 saturated heterocycles. The number of aliphatic imine (C=N–C) groups is 1. The summed E-state index contributed by atoms with van der Waals surface area (Å²) >= 11 is 1.92. The molecule has 2 N–H and O–H groups in total. The number of aryl methyl sites for hydroxylation is 1. The molecule has 146 valence electrons. The van der Waals surface area contributed by atoms with E-state index in [2.05, 4.69) is 59.9 Å². The standard InChI is InChI=1S/C21H36N4S/c1-4-22-21(23-12-5-6-15-26-3)24-20-10-13-25(14-11-20)17-19-9-7-8-18(2)16-19/h7-9,16,20H,4-6,10-15,17H2,1-3H3,(H2,22,23,24). The molecule has 1 fully saturated rings. The predicted octanol–water partition coefficient (Wildman–Crippen LogP) is 3.66. The van der Waals surface area contributed by atoms with Crippen LogP contribution >= 0.6 is 11.8 Å². The van der Waals surface area contributed by atoms with Gasteiger partial charge >= 0.3 is 0 Å². The molecule has 0 aromatic heterocycles. The van der Waals surface area contributed by atoms with E-state index in [1.54, 1.807) is 0 Å². The fourth-order valence-electron chi connectivity index (χ4n) is 3.37. The van der Waals surface area contributed by atoms with Crippen LogP contribution in [0.2, 0.25) is 0 Å². The Morgan fingerprint density at radius 3 is 2.77 bits per heavy atom. The highest BCUT2D eigenvalue weighted by Gasteiger charge is 2.20. The van der Waals surface area contributed by atoms with Crippen molar-refractivity contribution < 1.29 is 0 Å². The van der Waals surface area contributed by atoms with E-state index >= 15 is 0 Å². The van der Waals surface area contributed by atoms with Crippen LogP contribution in [-0.4, -0.2) is 55.1 Å². The first-order chi connectivity index (χ1) is 12.7. The van der Waals surface area contributed by atoms with Gasteiger partial charge in [0, 0.05) is 38.8 Å². The molecule has 1 aliphatic heterocycles. The zero-order valence-electron chi connectivity index (χ0n) is 16.8. The lowest BCUT2D eigenvalue weighted by molar-refractivity contribution is 0.198. The molecule has 4 nitrogen and oxygen atoms in total. The molecule has 0 unspecified atom stereocenters. The minimum absolute atomic E-state index is 0.535. The molecule has 1 aromatic rings. The number of likely N-dealkylation sites (tertiary alicyclic amines) is 1. The third-order valence-corrected chi connectivity index (χ3v) is 5.48. The molecular formula is C21H36N4S. The molecule has 0 radical (unpaired) electrons. The van der Waals surface area contributed by atoms with Crippen LogP contribution in [0.3, 0.4) is 0 Å². The van der Waals surface area contributed by atoms with Crippen molar-refractivity contribution in [2.75, 3.05) is 38.2 Å². The van der Waals surface area contributed by atoms with Crippen LogP contribution in [0.25, 0.3) is 0 Å². The zero-order valence-corrected chi connectivity index (χ0v) is 17.6. The molecular weight excluding hydrogens is 340 g/mol. The Kier molecular flexibility index (Phi) is 9.93. The van der Waals surface area contributed by atoms with Crippen molar-refractivity contribution >= 4 is 17.7 Å². The number of nitrogens with zero attached hydrogens (tertiary/aromatic N) is 2. The summed E-state index contributed by atoms with van der Waals surface area (Å²) in [6, 6.07) is 9.41. The van der Waals surface area contributed by atoms with Gasteiger partial charge in [0.1, 0.15) is 0 Å². The number of unbranched alkanes of at least 4 members (excludes halogenated alkanes) is 1. The van der Waals surface area contributed by atoms with E-state index in [4.69, 9.17) is 4.99 Å². The Morgan fingerprint density at radius 1 is 1.27 bits per heavy atom. The van der Waals surface area contributed by atoms with Crippen molar-refractivity contribution in [2.45, 2.75) is 52.1 Å². The summed E-state index contributed by atoms with van der Waals surface area (Å²) in [6.07, 6.45) is 6.96. The third-order valence-electron chi connectivity index (χ3n) is 4.79. The van der Waals surface area contributed by atoms with Gasteiger partial charge in [-0.15, -0.1) is 0 Å². The lowest BCUT2D eigenvalue weighted by Gasteiger charge is -2.33. The van der Waals surface area contributed by atoms with Crippen molar-refractivity contribution in [2.24, 2.45) is 4.99 Å². The second-order valence-electron chi connectivity index (χ2n) is 7.14. The van der Waals surface area contributed by atoms with Crippen LogP contribution < -0.4 is 10.6 Å². The Morgan fingerprint density at radius 2 is 2.08 bits per heavy atom. The topological polar surface area (TPSA) is 39.7 Å². The number of hydrogen-bond acceptors (Lipinski definition) is 3. The number of thioether (sulfide) groups is 1. The smallest absolute Gasteiger partial charge is 0.191 e. The summed E-state index contributed by atoms with van der Waals surface area (Å²) < 4.78 is 0. The molecule has 1 heterocycles. The number of piperidine rings is 1. The molecule has 0 spiro atoms. The van der Waals surface area contributed by atoms with Crippen LogP contribution in [0.5, 0.6) is 0 Å². The summed E-state index contributed by atoms with van der Waals surface area (Å²) in [6.45, 7) is 9.51. The molecule has 0 saturated carbocycles. The summed E-state index contributed by atoms with van der Waals surface area (Å²) in [5, 5.41) is 7.05. The van der Waals surface area contributed by atoms with Gasteiger partial charge in [-0.1, -0.05) is 29.8 Å². The van der Waals surface area contributed by atoms with Crippen LogP contribution in [0.15, 0.2) is 29.3 Å². The summed E-state index contributed by atoms with van der Waals surface area (Å²) in [4.78, 5) is 7.32. The normalized spacial score (nSPS) is 16.7. The first-order valence-corrected chi connectivity index (χ1v) is 11.4. The van der Waals surface area contributed by atoms with Gasteiger partial charge in [0.2, 0.25) is 0 Å². The van der Waals surface area contributed by atoms with Gasteiger partial charge in [-0.3, -0.25) is 9.89 Å². The van der Waals surface area contributed by atoms with Gasteiger partial charge in [0.25, 0.3) is 0 Å². The predicted molar refractivity (Wildman–Crippen MR) is 116 cm³/mol. The quantitative estimate of drug-likeness (QED) is 0.392. The number of rotatable bonds is 9. The van der Waals surface area contributed by atoms with E-state index in [9.17, 15) is 0 Å². The molecule has 0 atom stereocenters. The molecule has 0 amide bonds. The van der Waals surface area contributed by atoms with E-state index in [0.717, 1.165) is 38.7 Å². The van der Waals surface area contributed by atoms with Crippen molar-refractivity contribution in [1.29, 1.82) is 0 Å². The maximum Gasteiger partial charge on any atom is 0.191 e. The lowest BCUT2D eigenvalue weighted by Crippen LogP contribution is -2.48. The van der Waals surface area contributed by atoms with E-state index in [0.29, 0.717) is 6.04 Å². The van der Waals surface area contributed by atoms with Gasteiger partial charge in [0.05, 0.1) is 0 Å². The van der Waals surface area contributed by atoms with Crippen molar-refractivity contribution in [3.8, 4) is 0 Å². The van der Waals surface area contributed by atoms with Crippen LogP contribution in [0.1, 0.15) is 43.7 Å². The highest BCUT2D eigenvalue weighted by atomic mass is 32.2. The van der Waals surface area contributed by atoms with Crippen LogP contribution in [0.4, 0.5) is 0 Å².